The Morgan fingerprint density at radius 3 is 1.91 bits per heavy atom. The number of para-hydroxylation sites is 1. The van der Waals surface area contributed by atoms with E-state index in [1.807, 2.05) is 25.2 Å². The van der Waals surface area contributed by atoms with Gasteiger partial charge in [0.15, 0.2) is 0 Å². The molecule has 1 aromatic heterocycles. The molecular formula is C54H47NO. The molecule has 0 aliphatic carbocycles. The topological polar surface area (TPSA) is 16.4 Å². The van der Waals surface area contributed by atoms with Gasteiger partial charge in [0, 0.05) is 40.0 Å². The fraction of sp³-hybridized carbons (Fsp3) is 0.111. The van der Waals surface area contributed by atoms with Crippen molar-refractivity contribution in [2.75, 3.05) is 11.4 Å². The fourth-order valence-corrected chi connectivity index (χ4v) is 8.16. The summed E-state index contributed by atoms with van der Waals surface area (Å²) >= 11 is 0. The van der Waals surface area contributed by atoms with Crippen LogP contribution in [-0.2, 0) is 0 Å². The molecule has 8 aromatic rings. The van der Waals surface area contributed by atoms with E-state index in [0.717, 1.165) is 62.4 Å². The monoisotopic (exact) mass is 725 g/mol. The SMILES string of the molecule is C=CCC=CCN(c1ccc(-c2c3ccccc3c(-c3cccc(C)c3)c3ccccc23)cc1)c1cc(-c2cccc3c(C)c(/C=C\C)oc23)ccc1C(=C)C. The average Bonchev–Trinajstić information content (AvgIpc) is 3.54. The van der Waals surface area contributed by atoms with Crippen molar-refractivity contribution in [3.05, 3.63) is 193 Å². The van der Waals surface area contributed by atoms with Crippen molar-refractivity contribution in [1.29, 1.82) is 0 Å². The second-order valence-corrected chi connectivity index (χ2v) is 14.6. The molecule has 56 heavy (non-hydrogen) atoms. The number of nitrogens with zero attached hydrogens (tertiary/aromatic N) is 1. The summed E-state index contributed by atoms with van der Waals surface area (Å²) in [6, 6.07) is 48.8. The minimum absolute atomic E-state index is 0.684. The number of furan rings is 1. The first-order valence-electron chi connectivity index (χ1n) is 19.5. The van der Waals surface area contributed by atoms with Gasteiger partial charge in [-0.1, -0.05) is 152 Å². The molecule has 0 N–H and O–H groups in total. The quantitative estimate of drug-likeness (QED) is 0.0975. The van der Waals surface area contributed by atoms with Crippen LogP contribution in [0.4, 0.5) is 11.4 Å². The van der Waals surface area contributed by atoms with Gasteiger partial charge in [0.05, 0.1) is 0 Å². The molecule has 0 amide bonds. The van der Waals surface area contributed by atoms with Crippen molar-refractivity contribution >= 4 is 55.5 Å². The van der Waals surface area contributed by atoms with E-state index in [1.54, 1.807) is 0 Å². The zero-order valence-corrected chi connectivity index (χ0v) is 32.8. The number of fused-ring (bicyclic) bond motifs is 3. The van der Waals surface area contributed by atoms with Crippen LogP contribution in [0.25, 0.3) is 77.5 Å². The van der Waals surface area contributed by atoms with E-state index in [2.05, 4.69) is 184 Å². The van der Waals surface area contributed by atoms with Crippen LogP contribution in [0.5, 0.6) is 0 Å². The molecule has 0 fully saturated rings. The van der Waals surface area contributed by atoms with Gasteiger partial charge in [0.1, 0.15) is 11.3 Å². The Kier molecular flexibility index (Phi) is 10.1. The molecule has 0 radical (unpaired) electrons. The third-order valence-corrected chi connectivity index (χ3v) is 10.8. The molecule has 274 valence electrons. The Morgan fingerprint density at radius 2 is 1.29 bits per heavy atom. The summed E-state index contributed by atoms with van der Waals surface area (Å²) in [5.74, 6) is 0.896. The summed E-state index contributed by atoms with van der Waals surface area (Å²) in [7, 11) is 0. The molecular weight excluding hydrogens is 679 g/mol. The minimum Gasteiger partial charge on any atom is -0.456 e. The highest BCUT2D eigenvalue weighted by Crippen LogP contribution is 2.45. The van der Waals surface area contributed by atoms with E-state index in [-0.39, 0.29) is 0 Å². The van der Waals surface area contributed by atoms with Gasteiger partial charge < -0.3 is 9.32 Å². The van der Waals surface area contributed by atoms with Crippen molar-refractivity contribution in [3.63, 3.8) is 0 Å². The van der Waals surface area contributed by atoms with Gasteiger partial charge in [-0.3, -0.25) is 0 Å². The lowest BCUT2D eigenvalue weighted by Gasteiger charge is -2.28. The van der Waals surface area contributed by atoms with Crippen LogP contribution in [0.3, 0.4) is 0 Å². The summed E-state index contributed by atoms with van der Waals surface area (Å²) in [6.07, 6.45) is 11.2. The summed E-state index contributed by atoms with van der Waals surface area (Å²) in [5, 5.41) is 6.14. The van der Waals surface area contributed by atoms with Gasteiger partial charge in [0.2, 0.25) is 0 Å². The number of hydrogen-bond donors (Lipinski definition) is 0. The standard InChI is InChI=1S/C54H47NO/c1-7-9-10-15-33-55(50-35-40(29-32-43(50)36(3)4)45-26-17-25-44-38(6)51(18-8-2)56-54(44)45)42-30-27-39(28-31-42)52-46-21-11-13-23-48(46)53(41-20-16-19-37(5)34-41)49-24-14-12-22-47(49)52/h7-8,10-32,34-35H,1,3,9,33H2,2,4-6H3/b15-10?,18-8-. The smallest absolute Gasteiger partial charge is 0.142 e. The summed E-state index contributed by atoms with van der Waals surface area (Å²) in [4.78, 5) is 2.40. The van der Waals surface area contributed by atoms with Gasteiger partial charge in [-0.15, -0.1) is 6.58 Å². The van der Waals surface area contributed by atoms with E-state index in [0.29, 0.717) is 6.54 Å². The molecule has 2 nitrogen and oxygen atoms in total. The van der Waals surface area contributed by atoms with Gasteiger partial charge in [0.25, 0.3) is 0 Å². The second kappa shape index (κ2) is 15.6. The predicted octanol–water partition coefficient (Wildman–Crippen LogP) is 15.7. The molecule has 0 spiro atoms. The first kappa shape index (κ1) is 36.3. The lowest BCUT2D eigenvalue weighted by molar-refractivity contribution is 0.602. The van der Waals surface area contributed by atoms with E-state index < -0.39 is 0 Å². The average molecular weight is 726 g/mol. The van der Waals surface area contributed by atoms with Gasteiger partial charge in [-0.05, 0) is 113 Å². The molecule has 8 rings (SSSR count). The Balaban J connectivity index is 1.28. The number of rotatable bonds is 11. The second-order valence-electron chi connectivity index (χ2n) is 14.6. The van der Waals surface area contributed by atoms with Gasteiger partial charge in [-0.25, -0.2) is 0 Å². The van der Waals surface area contributed by atoms with Crippen LogP contribution in [0.15, 0.2) is 175 Å². The molecule has 2 heteroatoms. The number of allylic oxidation sites excluding steroid dienone is 4. The molecule has 0 aliphatic heterocycles. The fourth-order valence-electron chi connectivity index (χ4n) is 8.16. The molecule has 0 saturated carbocycles. The van der Waals surface area contributed by atoms with Crippen molar-refractivity contribution in [3.8, 4) is 33.4 Å². The zero-order valence-electron chi connectivity index (χ0n) is 32.8. The van der Waals surface area contributed by atoms with Crippen molar-refractivity contribution < 1.29 is 4.42 Å². The maximum absolute atomic E-state index is 6.49. The first-order valence-corrected chi connectivity index (χ1v) is 19.5. The summed E-state index contributed by atoms with van der Waals surface area (Å²) < 4.78 is 6.49. The van der Waals surface area contributed by atoms with E-state index in [4.69, 9.17) is 4.42 Å². The summed E-state index contributed by atoms with van der Waals surface area (Å²) in [5.41, 5.74) is 14.8. The highest BCUT2D eigenvalue weighted by Gasteiger charge is 2.20. The van der Waals surface area contributed by atoms with Crippen LogP contribution in [-0.4, -0.2) is 6.54 Å². The zero-order chi connectivity index (χ0) is 38.8. The molecule has 0 unspecified atom stereocenters. The molecule has 7 aromatic carbocycles. The van der Waals surface area contributed by atoms with Crippen molar-refractivity contribution in [2.45, 2.75) is 34.1 Å². The largest absolute Gasteiger partial charge is 0.456 e. The molecule has 0 saturated heterocycles. The number of benzene rings is 7. The molecule has 0 atom stereocenters. The van der Waals surface area contributed by atoms with Crippen LogP contribution >= 0.6 is 0 Å². The normalized spacial score (nSPS) is 11.7. The molecule has 0 bridgehead atoms. The molecule has 0 aliphatic rings. The predicted molar refractivity (Wildman–Crippen MR) is 244 cm³/mol. The van der Waals surface area contributed by atoms with Crippen LogP contribution in [0, 0.1) is 13.8 Å². The number of aryl methyl sites for hydroxylation is 2. The van der Waals surface area contributed by atoms with E-state index in [1.165, 1.54) is 49.4 Å². The first-order chi connectivity index (χ1) is 27.4. The lowest BCUT2D eigenvalue weighted by atomic mass is 9.85. The Labute approximate surface area is 331 Å². The van der Waals surface area contributed by atoms with Crippen LogP contribution < -0.4 is 4.90 Å². The van der Waals surface area contributed by atoms with Gasteiger partial charge >= 0.3 is 0 Å². The Morgan fingerprint density at radius 1 is 0.661 bits per heavy atom. The van der Waals surface area contributed by atoms with Crippen molar-refractivity contribution in [2.24, 2.45) is 0 Å². The number of hydrogen-bond acceptors (Lipinski definition) is 2. The number of anilines is 2. The van der Waals surface area contributed by atoms with Crippen LogP contribution in [0.1, 0.15) is 42.7 Å². The lowest BCUT2D eigenvalue weighted by Crippen LogP contribution is -2.18. The van der Waals surface area contributed by atoms with Crippen molar-refractivity contribution in [1.82, 2.24) is 0 Å². The maximum Gasteiger partial charge on any atom is 0.142 e. The van der Waals surface area contributed by atoms with E-state index in [9.17, 15) is 0 Å². The molecule has 1 heterocycles. The highest BCUT2D eigenvalue weighted by atomic mass is 16.3. The minimum atomic E-state index is 0.684. The summed E-state index contributed by atoms with van der Waals surface area (Å²) in [6.45, 7) is 17.4. The Bertz CT molecular complexity index is 2770. The Hall–Kier alpha value is -6.64. The van der Waals surface area contributed by atoms with Gasteiger partial charge in [-0.2, -0.15) is 0 Å². The highest BCUT2D eigenvalue weighted by molar-refractivity contribution is 6.21. The maximum atomic E-state index is 6.49. The van der Waals surface area contributed by atoms with E-state index >= 15 is 0 Å². The third kappa shape index (κ3) is 6.69. The third-order valence-electron chi connectivity index (χ3n) is 10.8. The van der Waals surface area contributed by atoms with Crippen LogP contribution in [0.2, 0.25) is 0 Å².